The summed E-state index contributed by atoms with van der Waals surface area (Å²) in [5, 5.41) is 6.83. The molecule has 0 bridgehead atoms. The second kappa shape index (κ2) is 7.01. The Morgan fingerprint density at radius 1 is 1.19 bits per heavy atom. The molecule has 0 saturated carbocycles. The molecule has 9 nitrogen and oxygen atoms in total. The summed E-state index contributed by atoms with van der Waals surface area (Å²) in [6.07, 6.45) is 9.28. The maximum Gasteiger partial charge on any atom is 0.259 e. The second-order valence-electron chi connectivity index (χ2n) is 5.63. The highest BCUT2D eigenvalue weighted by Gasteiger charge is 2.16. The van der Waals surface area contributed by atoms with E-state index in [1.165, 1.54) is 18.6 Å². The van der Waals surface area contributed by atoms with Gasteiger partial charge in [-0.25, -0.2) is 0 Å². The van der Waals surface area contributed by atoms with Crippen LogP contribution in [0.2, 0.25) is 0 Å². The first-order valence-corrected chi connectivity index (χ1v) is 7.74. The van der Waals surface area contributed by atoms with E-state index >= 15 is 0 Å². The first kappa shape index (κ1) is 17.1. The molecule has 5 N–H and O–H groups in total. The van der Waals surface area contributed by atoms with Crippen molar-refractivity contribution >= 4 is 22.9 Å². The lowest BCUT2D eigenvalue weighted by molar-refractivity contribution is -0.111. The van der Waals surface area contributed by atoms with E-state index in [-0.39, 0.29) is 5.57 Å². The van der Waals surface area contributed by atoms with Gasteiger partial charge in [-0.2, -0.15) is 5.10 Å². The van der Waals surface area contributed by atoms with Gasteiger partial charge in [0.15, 0.2) is 0 Å². The van der Waals surface area contributed by atoms with Crippen LogP contribution in [0.15, 0.2) is 43.3 Å². The number of pyridine rings is 1. The van der Waals surface area contributed by atoms with Crippen molar-refractivity contribution in [1.82, 2.24) is 24.7 Å². The van der Waals surface area contributed by atoms with E-state index in [1.807, 2.05) is 13.2 Å². The van der Waals surface area contributed by atoms with Crippen molar-refractivity contribution in [2.24, 2.45) is 12.8 Å². The third-order valence-electron chi connectivity index (χ3n) is 3.70. The molecule has 9 heteroatoms. The molecule has 3 rings (SSSR count). The van der Waals surface area contributed by atoms with E-state index in [4.69, 9.17) is 11.5 Å². The fraction of sp³-hybridized carbons (Fsp3) is 0.118. The predicted octanol–water partition coefficient (Wildman–Crippen LogP) is 1.10. The summed E-state index contributed by atoms with van der Waals surface area (Å²) in [5.74, 6) is -0.425. The Labute approximate surface area is 149 Å². The van der Waals surface area contributed by atoms with Gasteiger partial charge in [0, 0.05) is 25.0 Å². The number of anilines is 2. The van der Waals surface area contributed by atoms with Crippen LogP contribution in [0.25, 0.3) is 16.8 Å². The van der Waals surface area contributed by atoms with Gasteiger partial charge in [0.25, 0.3) is 5.91 Å². The first-order chi connectivity index (χ1) is 12.5. The zero-order chi connectivity index (χ0) is 18.7. The standard InChI is InChI=1S/C17H18N8O/c1-10-14(3-12(19)6-20-10)24-17(26)13(4-18)16-8-21-15(7-22-16)11-5-23-25(2)9-11/h3-9H,18-19H2,1-2H3,(H,24,26)/b13-4+. The molecule has 1 amide bonds. The monoisotopic (exact) mass is 350 g/mol. The molecule has 0 fully saturated rings. The molecular weight excluding hydrogens is 332 g/mol. The average Bonchev–Trinajstić information content (AvgIpc) is 3.06. The maximum atomic E-state index is 12.6. The maximum absolute atomic E-state index is 12.6. The zero-order valence-electron chi connectivity index (χ0n) is 14.3. The minimum atomic E-state index is -0.425. The van der Waals surface area contributed by atoms with Crippen LogP contribution in [0.5, 0.6) is 0 Å². The Balaban J connectivity index is 1.82. The van der Waals surface area contributed by atoms with E-state index in [0.717, 1.165) is 5.56 Å². The van der Waals surface area contributed by atoms with Crippen LogP contribution in [0.1, 0.15) is 11.4 Å². The Morgan fingerprint density at radius 3 is 2.62 bits per heavy atom. The summed E-state index contributed by atoms with van der Waals surface area (Å²) in [7, 11) is 1.82. The van der Waals surface area contributed by atoms with Crippen molar-refractivity contribution < 1.29 is 4.79 Å². The number of carbonyl (C=O) groups excluding carboxylic acids is 1. The van der Waals surface area contributed by atoms with E-state index in [1.54, 1.807) is 30.1 Å². The van der Waals surface area contributed by atoms with Gasteiger partial charge in [0.1, 0.15) is 0 Å². The molecule has 0 aliphatic heterocycles. The Morgan fingerprint density at radius 2 is 2.00 bits per heavy atom. The summed E-state index contributed by atoms with van der Waals surface area (Å²) in [6.45, 7) is 1.77. The summed E-state index contributed by atoms with van der Waals surface area (Å²) < 4.78 is 1.67. The molecule has 132 valence electrons. The predicted molar refractivity (Wildman–Crippen MR) is 98.4 cm³/mol. The molecule has 0 spiro atoms. The number of rotatable bonds is 4. The molecule has 3 aromatic heterocycles. The van der Waals surface area contributed by atoms with Crippen molar-refractivity contribution in [3.05, 3.63) is 54.6 Å². The quantitative estimate of drug-likeness (QED) is 0.599. The van der Waals surface area contributed by atoms with Gasteiger partial charge in [-0.1, -0.05) is 0 Å². The number of hydrogen-bond donors (Lipinski definition) is 3. The SMILES string of the molecule is Cc1ncc(N)cc1NC(=O)/C(=C/N)c1cnc(-c2cnn(C)c2)cn1. The molecule has 3 heterocycles. The highest BCUT2D eigenvalue weighted by molar-refractivity contribution is 6.24. The number of aromatic nitrogens is 5. The third-order valence-corrected chi connectivity index (χ3v) is 3.70. The molecule has 26 heavy (non-hydrogen) atoms. The average molecular weight is 350 g/mol. The number of hydrogen-bond acceptors (Lipinski definition) is 7. The van der Waals surface area contributed by atoms with Crippen LogP contribution in [-0.2, 0) is 11.8 Å². The smallest absolute Gasteiger partial charge is 0.259 e. The van der Waals surface area contributed by atoms with Gasteiger partial charge in [0.05, 0.1) is 58.8 Å². The molecule has 0 aliphatic rings. The lowest BCUT2D eigenvalue weighted by Gasteiger charge is -2.10. The lowest BCUT2D eigenvalue weighted by atomic mass is 10.1. The number of aryl methyl sites for hydroxylation is 2. The first-order valence-electron chi connectivity index (χ1n) is 7.74. The van der Waals surface area contributed by atoms with Crippen molar-refractivity contribution in [2.75, 3.05) is 11.1 Å². The molecule has 3 aromatic rings. The normalized spacial score (nSPS) is 11.4. The van der Waals surface area contributed by atoms with Crippen LogP contribution in [-0.4, -0.2) is 30.6 Å². The number of nitrogen functional groups attached to an aromatic ring is 1. The van der Waals surface area contributed by atoms with Crippen LogP contribution < -0.4 is 16.8 Å². The van der Waals surface area contributed by atoms with Crippen LogP contribution in [0, 0.1) is 6.92 Å². The van der Waals surface area contributed by atoms with E-state index in [9.17, 15) is 4.79 Å². The fourth-order valence-electron chi connectivity index (χ4n) is 2.31. The topological polar surface area (TPSA) is 138 Å². The highest BCUT2D eigenvalue weighted by atomic mass is 16.1. The number of amides is 1. The Hall–Kier alpha value is -3.75. The number of nitrogens with zero attached hydrogens (tertiary/aromatic N) is 5. The summed E-state index contributed by atoms with van der Waals surface area (Å²) >= 11 is 0. The van der Waals surface area contributed by atoms with Gasteiger partial charge < -0.3 is 16.8 Å². The van der Waals surface area contributed by atoms with Gasteiger partial charge in [-0.05, 0) is 13.0 Å². The third kappa shape index (κ3) is 3.51. The minimum Gasteiger partial charge on any atom is -0.404 e. The highest BCUT2D eigenvalue weighted by Crippen LogP contribution is 2.20. The van der Waals surface area contributed by atoms with Gasteiger partial charge >= 0.3 is 0 Å². The van der Waals surface area contributed by atoms with Crippen LogP contribution >= 0.6 is 0 Å². The van der Waals surface area contributed by atoms with E-state index in [2.05, 4.69) is 25.4 Å². The van der Waals surface area contributed by atoms with Crippen molar-refractivity contribution in [3.63, 3.8) is 0 Å². The molecular formula is C17H18N8O. The molecule has 0 atom stereocenters. The zero-order valence-corrected chi connectivity index (χ0v) is 14.3. The minimum absolute atomic E-state index is 0.192. The van der Waals surface area contributed by atoms with Gasteiger partial charge in [-0.3, -0.25) is 24.4 Å². The number of carbonyl (C=O) groups is 1. The summed E-state index contributed by atoms with van der Waals surface area (Å²) in [6, 6.07) is 1.63. The summed E-state index contributed by atoms with van der Waals surface area (Å²) in [4.78, 5) is 25.3. The Bertz CT molecular complexity index is 975. The van der Waals surface area contributed by atoms with E-state index < -0.39 is 5.91 Å². The van der Waals surface area contributed by atoms with Crippen molar-refractivity contribution in [2.45, 2.75) is 6.92 Å². The second-order valence-corrected chi connectivity index (χ2v) is 5.63. The fourth-order valence-corrected chi connectivity index (χ4v) is 2.31. The van der Waals surface area contributed by atoms with Gasteiger partial charge in [-0.15, -0.1) is 0 Å². The molecule has 0 radical (unpaired) electrons. The Kier molecular flexibility index (Phi) is 4.61. The van der Waals surface area contributed by atoms with E-state index in [0.29, 0.717) is 28.5 Å². The number of nitrogens with two attached hydrogens (primary N) is 2. The number of nitrogens with one attached hydrogen (secondary N) is 1. The lowest BCUT2D eigenvalue weighted by Crippen LogP contribution is -2.17. The van der Waals surface area contributed by atoms with Crippen LogP contribution in [0.3, 0.4) is 0 Å². The van der Waals surface area contributed by atoms with Crippen molar-refractivity contribution in [3.8, 4) is 11.3 Å². The molecule has 0 aliphatic carbocycles. The van der Waals surface area contributed by atoms with Gasteiger partial charge in [0.2, 0.25) is 0 Å². The molecule has 0 aromatic carbocycles. The molecule has 0 unspecified atom stereocenters. The largest absolute Gasteiger partial charge is 0.404 e. The van der Waals surface area contributed by atoms with Crippen molar-refractivity contribution in [1.29, 1.82) is 0 Å². The van der Waals surface area contributed by atoms with Crippen LogP contribution in [0.4, 0.5) is 11.4 Å². The molecule has 0 saturated heterocycles. The summed E-state index contributed by atoms with van der Waals surface area (Å²) in [5.41, 5.74) is 15.0.